The number of carbonyl (C=O) groups excluding carboxylic acids is 2. The summed E-state index contributed by atoms with van der Waals surface area (Å²) in [5, 5.41) is 0. The first-order chi connectivity index (χ1) is 12.2. The van der Waals surface area contributed by atoms with Crippen molar-refractivity contribution in [2.24, 2.45) is 11.8 Å². The highest BCUT2D eigenvalue weighted by Crippen LogP contribution is 2.25. The molecule has 1 rings (SSSR count). The number of hydrogen-bond donors (Lipinski definition) is 0. The van der Waals surface area contributed by atoms with Crippen molar-refractivity contribution < 1.29 is 14.3 Å². The van der Waals surface area contributed by atoms with Crippen molar-refractivity contribution in [2.45, 2.75) is 77.7 Å². The fourth-order valence-electron chi connectivity index (χ4n) is 3.16. The summed E-state index contributed by atoms with van der Waals surface area (Å²) in [5.74, 6) is 0.128. The zero-order valence-electron chi connectivity index (χ0n) is 15.9. The van der Waals surface area contributed by atoms with E-state index in [4.69, 9.17) is 4.74 Å². The van der Waals surface area contributed by atoms with Gasteiger partial charge in [0, 0.05) is 12.8 Å². The first-order valence-electron chi connectivity index (χ1n) is 9.79. The van der Waals surface area contributed by atoms with Crippen molar-refractivity contribution in [3.8, 4) is 0 Å². The molecule has 0 amide bonds. The molecule has 0 aromatic carbocycles. The van der Waals surface area contributed by atoms with Gasteiger partial charge in [0.2, 0.25) is 0 Å². The number of ether oxygens (including phenoxy) is 1. The van der Waals surface area contributed by atoms with Crippen LogP contribution in [0.15, 0.2) is 36.5 Å². The molecule has 25 heavy (non-hydrogen) atoms. The zero-order chi connectivity index (χ0) is 18.3. The van der Waals surface area contributed by atoms with Gasteiger partial charge in [0.05, 0.1) is 0 Å². The monoisotopic (exact) mass is 346 g/mol. The predicted molar refractivity (Wildman–Crippen MR) is 103 cm³/mol. The Hall–Kier alpha value is -1.64. The van der Waals surface area contributed by atoms with Crippen LogP contribution in [0.3, 0.4) is 0 Å². The topological polar surface area (TPSA) is 43.4 Å². The second kappa shape index (κ2) is 13.6. The van der Waals surface area contributed by atoms with Crippen LogP contribution >= 0.6 is 0 Å². The molecule has 0 fully saturated rings. The third kappa shape index (κ3) is 10.1. The molecule has 0 radical (unpaired) electrons. The van der Waals surface area contributed by atoms with E-state index in [9.17, 15) is 9.59 Å². The summed E-state index contributed by atoms with van der Waals surface area (Å²) >= 11 is 0. The summed E-state index contributed by atoms with van der Waals surface area (Å²) in [5.41, 5.74) is 0. The molecule has 0 heterocycles. The molecule has 0 N–H and O–H groups in total. The van der Waals surface area contributed by atoms with Crippen LogP contribution in [0.1, 0.15) is 71.6 Å². The Morgan fingerprint density at radius 1 is 1.08 bits per heavy atom. The summed E-state index contributed by atoms with van der Waals surface area (Å²) < 4.78 is 5.39. The maximum absolute atomic E-state index is 11.3. The molecular weight excluding hydrogens is 312 g/mol. The van der Waals surface area contributed by atoms with E-state index in [-0.39, 0.29) is 23.9 Å². The van der Waals surface area contributed by atoms with Crippen LogP contribution in [0.2, 0.25) is 0 Å². The van der Waals surface area contributed by atoms with Crippen molar-refractivity contribution in [3.05, 3.63) is 36.5 Å². The standard InChI is InChI=1S/C22H34O3/c1-3-4-5-6-7-8-16-22(25-19(2)24)17-12-11-14-20-13-9-10-15-21(20)18-23/h9-12,14,17-18,20-22H,3-8,13,15-16H2,1-2H3/b14-11+,17-12+/t20-,21-,22?/m1/s1. The van der Waals surface area contributed by atoms with Gasteiger partial charge in [-0.3, -0.25) is 4.79 Å². The Morgan fingerprint density at radius 2 is 1.76 bits per heavy atom. The quantitative estimate of drug-likeness (QED) is 0.153. The number of carbonyl (C=O) groups is 2. The van der Waals surface area contributed by atoms with Crippen LogP contribution in [0.4, 0.5) is 0 Å². The van der Waals surface area contributed by atoms with Crippen LogP contribution in [0, 0.1) is 11.8 Å². The lowest BCUT2D eigenvalue weighted by Gasteiger charge is -2.20. The highest BCUT2D eigenvalue weighted by Gasteiger charge is 2.18. The van der Waals surface area contributed by atoms with E-state index in [1.165, 1.54) is 39.0 Å². The van der Waals surface area contributed by atoms with Gasteiger partial charge in [-0.1, -0.05) is 69.4 Å². The molecule has 0 saturated carbocycles. The lowest BCUT2D eigenvalue weighted by atomic mass is 9.84. The average molecular weight is 347 g/mol. The Labute approximate surface area is 153 Å². The van der Waals surface area contributed by atoms with Gasteiger partial charge in [0.15, 0.2) is 0 Å². The Kier molecular flexibility index (Phi) is 11.7. The lowest BCUT2D eigenvalue weighted by molar-refractivity contribution is -0.144. The average Bonchev–Trinajstić information content (AvgIpc) is 2.61. The second-order valence-electron chi connectivity index (χ2n) is 6.88. The van der Waals surface area contributed by atoms with Crippen molar-refractivity contribution in [1.82, 2.24) is 0 Å². The van der Waals surface area contributed by atoms with E-state index in [1.807, 2.05) is 18.2 Å². The maximum atomic E-state index is 11.3. The summed E-state index contributed by atoms with van der Waals surface area (Å²) in [6.45, 7) is 3.68. The minimum absolute atomic E-state index is 0.0852. The molecule has 3 nitrogen and oxygen atoms in total. The van der Waals surface area contributed by atoms with E-state index < -0.39 is 0 Å². The van der Waals surface area contributed by atoms with Gasteiger partial charge in [-0.15, -0.1) is 0 Å². The first-order valence-corrected chi connectivity index (χ1v) is 9.79. The maximum Gasteiger partial charge on any atom is 0.303 e. The number of aldehydes is 1. The van der Waals surface area contributed by atoms with Crippen LogP contribution in [0.25, 0.3) is 0 Å². The highest BCUT2D eigenvalue weighted by molar-refractivity contribution is 5.66. The Morgan fingerprint density at radius 3 is 2.44 bits per heavy atom. The minimum atomic E-state index is -0.233. The van der Waals surface area contributed by atoms with Crippen molar-refractivity contribution in [3.63, 3.8) is 0 Å². The molecule has 3 heteroatoms. The fraction of sp³-hybridized carbons (Fsp3) is 0.636. The molecule has 1 unspecified atom stereocenters. The van der Waals surface area contributed by atoms with E-state index in [1.54, 1.807) is 0 Å². The van der Waals surface area contributed by atoms with Crippen LogP contribution in [-0.4, -0.2) is 18.4 Å². The van der Waals surface area contributed by atoms with Gasteiger partial charge >= 0.3 is 5.97 Å². The molecule has 0 aromatic rings. The molecule has 1 aliphatic rings. The number of rotatable bonds is 12. The van der Waals surface area contributed by atoms with Crippen LogP contribution < -0.4 is 0 Å². The van der Waals surface area contributed by atoms with Crippen LogP contribution in [-0.2, 0) is 14.3 Å². The molecular formula is C22H34O3. The smallest absolute Gasteiger partial charge is 0.303 e. The first kappa shape index (κ1) is 21.4. The Bertz CT molecular complexity index is 462. The van der Waals surface area contributed by atoms with Gasteiger partial charge in [-0.05, 0) is 37.7 Å². The second-order valence-corrected chi connectivity index (χ2v) is 6.88. The SMILES string of the molecule is CCCCCCCCC(/C=C/C=C/[C@H]1CC=CC[C@@H]1C=O)OC(C)=O. The van der Waals surface area contributed by atoms with E-state index in [2.05, 4.69) is 25.2 Å². The highest BCUT2D eigenvalue weighted by atomic mass is 16.5. The molecule has 0 saturated heterocycles. The molecule has 140 valence electrons. The van der Waals surface area contributed by atoms with Gasteiger partial charge in [-0.2, -0.15) is 0 Å². The number of unbranched alkanes of at least 4 members (excludes halogenated alkanes) is 5. The molecule has 0 aromatic heterocycles. The van der Waals surface area contributed by atoms with E-state index in [0.29, 0.717) is 0 Å². The summed E-state index contributed by atoms with van der Waals surface area (Å²) in [7, 11) is 0. The molecule has 0 aliphatic heterocycles. The van der Waals surface area contributed by atoms with Gasteiger partial charge in [0.1, 0.15) is 12.4 Å². The third-order valence-electron chi connectivity index (χ3n) is 4.66. The normalized spacial score (nSPS) is 21.7. The van der Waals surface area contributed by atoms with E-state index in [0.717, 1.165) is 32.0 Å². The van der Waals surface area contributed by atoms with E-state index >= 15 is 0 Å². The minimum Gasteiger partial charge on any atom is -0.458 e. The number of esters is 1. The largest absolute Gasteiger partial charge is 0.458 e. The number of allylic oxidation sites excluding steroid dienone is 5. The molecule has 1 aliphatic carbocycles. The molecule has 0 bridgehead atoms. The molecule has 0 spiro atoms. The van der Waals surface area contributed by atoms with Crippen molar-refractivity contribution in [2.75, 3.05) is 0 Å². The van der Waals surface area contributed by atoms with Gasteiger partial charge in [0.25, 0.3) is 0 Å². The van der Waals surface area contributed by atoms with Gasteiger partial charge < -0.3 is 9.53 Å². The van der Waals surface area contributed by atoms with Gasteiger partial charge in [-0.25, -0.2) is 0 Å². The van der Waals surface area contributed by atoms with Crippen LogP contribution in [0.5, 0.6) is 0 Å². The predicted octanol–water partition coefficient (Wildman–Crippen LogP) is 5.56. The third-order valence-corrected chi connectivity index (χ3v) is 4.66. The lowest BCUT2D eigenvalue weighted by Crippen LogP contribution is -2.15. The number of hydrogen-bond acceptors (Lipinski definition) is 3. The van der Waals surface area contributed by atoms with Crippen molar-refractivity contribution >= 4 is 12.3 Å². The fourth-order valence-corrected chi connectivity index (χ4v) is 3.16. The summed E-state index contributed by atoms with van der Waals surface area (Å²) in [6.07, 6.45) is 23.1. The summed E-state index contributed by atoms with van der Waals surface area (Å²) in [4.78, 5) is 22.4. The van der Waals surface area contributed by atoms with Crippen molar-refractivity contribution in [1.29, 1.82) is 0 Å². The zero-order valence-corrected chi connectivity index (χ0v) is 15.9. The summed E-state index contributed by atoms with van der Waals surface area (Å²) in [6, 6.07) is 0. The molecule has 3 atom stereocenters. The Balaban J connectivity index is 2.40.